The molecule has 0 spiro atoms. The molecule has 0 aromatic heterocycles. The number of unbranched alkanes of at least 4 members (excludes halogenated alkanes) is 2. The fraction of sp³-hybridized carbons (Fsp3) is 0.234. The van der Waals surface area contributed by atoms with Crippen molar-refractivity contribution in [1.29, 1.82) is 0 Å². The van der Waals surface area contributed by atoms with Gasteiger partial charge in [-0.3, -0.25) is 0 Å². The van der Waals surface area contributed by atoms with Crippen LogP contribution in [0.5, 0.6) is 34.5 Å². The highest BCUT2D eigenvalue weighted by atomic mass is 16.6. The van der Waals surface area contributed by atoms with E-state index in [9.17, 15) is 19.2 Å². The van der Waals surface area contributed by atoms with Gasteiger partial charge in [-0.25, -0.2) is 19.2 Å². The first-order valence-electron chi connectivity index (χ1n) is 19.0. The van der Waals surface area contributed by atoms with Gasteiger partial charge in [0, 0.05) is 29.9 Å². The molecule has 4 aromatic rings. The molecule has 12 heteroatoms. The van der Waals surface area contributed by atoms with Gasteiger partial charge >= 0.3 is 23.9 Å². The van der Waals surface area contributed by atoms with Crippen LogP contribution < -0.4 is 28.4 Å². The SMILES string of the molecule is C=CC(=O)OCCCCOc1ccc(OCCOc2ccc(-c3ccc(OC(=O)/C=C/c4ccc(OC(=O)C(=C)C)cc4)cc3)cc2)cc1OCCCCOC(=O)C=C. The number of hydrogen-bond acceptors (Lipinski definition) is 12. The molecule has 0 aliphatic rings. The van der Waals surface area contributed by atoms with E-state index in [4.69, 9.17) is 37.9 Å². The molecule has 0 aliphatic heterocycles. The second-order valence-electron chi connectivity index (χ2n) is 12.7. The Hall–Kier alpha value is -7.08. The Balaban J connectivity index is 1.21. The molecular weight excluding hydrogens is 757 g/mol. The molecule has 0 aliphatic carbocycles. The average molecular weight is 805 g/mol. The van der Waals surface area contributed by atoms with Crippen LogP contribution in [0.25, 0.3) is 17.2 Å². The minimum Gasteiger partial charge on any atom is -0.490 e. The molecule has 59 heavy (non-hydrogen) atoms. The van der Waals surface area contributed by atoms with Crippen LogP contribution in [0, 0.1) is 0 Å². The molecule has 0 radical (unpaired) electrons. The third kappa shape index (κ3) is 16.5. The van der Waals surface area contributed by atoms with Crippen molar-refractivity contribution in [2.24, 2.45) is 0 Å². The minimum atomic E-state index is -0.535. The first-order chi connectivity index (χ1) is 28.6. The number of esters is 4. The van der Waals surface area contributed by atoms with Crippen LogP contribution >= 0.6 is 0 Å². The van der Waals surface area contributed by atoms with Gasteiger partial charge in [-0.1, -0.05) is 56.1 Å². The monoisotopic (exact) mass is 804 g/mol. The zero-order valence-corrected chi connectivity index (χ0v) is 33.1. The third-order valence-electron chi connectivity index (χ3n) is 8.06. The number of rotatable bonds is 25. The Bertz CT molecular complexity index is 2050. The van der Waals surface area contributed by atoms with Crippen LogP contribution in [0.15, 0.2) is 135 Å². The number of carbonyl (C=O) groups excluding carboxylic acids is 4. The third-order valence-corrected chi connectivity index (χ3v) is 8.06. The first-order valence-corrected chi connectivity index (χ1v) is 19.0. The summed E-state index contributed by atoms with van der Waals surface area (Å²) in [5, 5.41) is 0. The largest absolute Gasteiger partial charge is 0.490 e. The Kier molecular flexibility index (Phi) is 18.6. The summed E-state index contributed by atoms with van der Waals surface area (Å²) in [6, 6.07) is 26.8. The van der Waals surface area contributed by atoms with Gasteiger partial charge in [0.15, 0.2) is 11.5 Å². The Morgan fingerprint density at radius 3 is 1.54 bits per heavy atom. The molecule has 0 fully saturated rings. The van der Waals surface area contributed by atoms with Gasteiger partial charge in [-0.2, -0.15) is 0 Å². The van der Waals surface area contributed by atoms with E-state index in [-0.39, 0.29) is 19.8 Å². The highest BCUT2D eigenvalue weighted by Gasteiger charge is 2.10. The normalized spacial score (nSPS) is 10.5. The topological polar surface area (TPSA) is 142 Å². The lowest BCUT2D eigenvalue weighted by molar-refractivity contribution is -0.138. The van der Waals surface area contributed by atoms with Crippen LogP contribution in [0.1, 0.15) is 38.2 Å². The molecule has 0 unspecified atom stereocenters. The van der Waals surface area contributed by atoms with Crippen molar-refractivity contribution < 1.29 is 57.1 Å². The molecule has 4 aromatic carbocycles. The molecule has 0 N–H and O–H groups in total. The van der Waals surface area contributed by atoms with Crippen LogP contribution in [0.2, 0.25) is 0 Å². The lowest BCUT2D eigenvalue weighted by Crippen LogP contribution is -2.10. The van der Waals surface area contributed by atoms with Gasteiger partial charge in [0.2, 0.25) is 0 Å². The lowest BCUT2D eigenvalue weighted by atomic mass is 10.1. The molecule has 4 rings (SSSR count). The average Bonchev–Trinajstić information content (AvgIpc) is 3.25. The van der Waals surface area contributed by atoms with Gasteiger partial charge in [0.05, 0.1) is 26.4 Å². The molecular formula is C47H48O12. The predicted molar refractivity (Wildman–Crippen MR) is 223 cm³/mol. The van der Waals surface area contributed by atoms with E-state index in [1.165, 1.54) is 6.08 Å². The van der Waals surface area contributed by atoms with Gasteiger partial charge in [-0.05, 0) is 104 Å². The zero-order chi connectivity index (χ0) is 42.2. The number of benzene rings is 4. The van der Waals surface area contributed by atoms with Gasteiger partial charge < -0.3 is 37.9 Å². The first kappa shape index (κ1) is 44.6. The van der Waals surface area contributed by atoms with E-state index in [1.54, 1.807) is 67.6 Å². The van der Waals surface area contributed by atoms with Gasteiger partial charge in [-0.15, -0.1) is 0 Å². The molecule has 0 heterocycles. The van der Waals surface area contributed by atoms with Crippen molar-refractivity contribution >= 4 is 30.0 Å². The predicted octanol–water partition coefficient (Wildman–Crippen LogP) is 8.69. The summed E-state index contributed by atoms with van der Waals surface area (Å²) in [7, 11) is 0. The molecule has 0 saturated heterocycles. The van der Waals surface area contributed by atoms with Gasteiger partial charge in [0.25, 0.3) is 0 Å². The summed E-state index contributed by atoms with van der Waals surface area (Å²) in [4.78, 5) is 46.6. The van der Waals surface area contributed by atoms with E-state index in [0.717, 1.165) is 28.8 Å². The molecule has 0 saturated carbocycles. The van der Waals surface area contributed by atoms with Crippen LogP contribution in [-0.4, -0.2) is 63.5 Å². The van der Waals surface area contributed by atoms with Crippen molar-refractivity contribution in [1.82, 2.24) is 0 Å². The second-order valence-corrected chi connectivity index (χ2v) is 12.7. The van der Waals surface area contributed by atoms with Crippen molar-refractivity contribution in [3.05, 3.63) is 140 Å². The summed E-state index contributed by atoms with van der Waals surface area (Å²) in [5.41, 5.74) is 2.91. The summed E-state index contributed by atoms with van der Waals surface area (Å²) in [6.45, 7) is 13.8. The van der Waals surface area contributed by atoms with Crippen molar-refractivity contribution in [2.75, 3.05) is 39.6 Å². The molecule has 12 nitrogen and oxygen atoms in total. The summed E-state index contributed by atoms with van der Waals surface area (Å²) < 4.78 is 44.5. The summed E-state index contributed by atoms with van der Waals surface area (Å²) >= 11 is 0. The van der Waals surface area contributed by atoms with E-state index in [1.807, 2.05) is 36.4 Å². The van der Waals surface area contributed by atoms with Crippen molar-refractivity contribution in [3.63, 3.8) is 0 Å². The maximum atomic E-state index is 12.4. The van der Waals surface area contributed by atoms with Crippen molar-refractivity contribution in [2.45, 2.75) is 32.6 Å². The Labute approximate surface area is 344 Å². The molecule has 308 valence electrons. The maximum absolute atomic E-state index is 12.4. The number of hydrogen-bond donors (Lipinski definition) is 0. The highest BCUT2D eigenvalue weighted by Crippen LogP contribution is 2.32. The van der Waals surface area contributed by atoms with E-state index in [0.29, 0.717) is 85.6 Å². The van der Waals surface area contributed by atoms with E-state index < -0.39 is 23.9 Å². The van der Waals surface area contributed by atoms with Crippen molar-refractivity contribution in [3.8, 4) is 45.6 Å². The lowest BCUT2D eigenvalue weighted by Gasteiger charge is -2.15. The van der Waals surface area contributed by atoms with Crippen LogP contribution in [0.4, 0.5) is 0 Å². The fourth-order valence-electron chi connectivity index (χ4n) is 4.98. The zero-order valence-electron chi connectivity index (χ0n) is 33.1. The maximum Gasteiger partial charge on any atom is 0.338 e. The summed E-state index contributed by atoms with van der Waals surface area (Å²) in [5.74, 6) is 1.11. The van der Waals surface area contributed by atoms with Crippen LogP contribution in [-0.2, 0) is 28.7 Å². The molecule has 0 amide bonds. The van der Waals surface area contributed by atoms with Crippen LogP contribution in [0.3, 0.4) is 0 Å². The minimum absolute atomic E-state index is 0.268. The number of ether oxygens (including phenoxy) is 8. The summed E-state index contributed by atoms with van der Waals surface area (Å²) in [6.07, 6.45) is 7.74. The standard InChI is InChI=1S/C47H48O12/c1-5-44(48)56-29-9-7-27-54-42-25-24-41(33-43(42)55-28-8-10-30-57-45(49)6-2)53-32-31-52-38-20-14-36(15-21-38)37-16-22-39(23-17-37)58-46(50)26-13-35-11-18-40(19-12-35)59-47(51)34(3)4/h5-6,11-26,33H,1-3,7-10,27-32H2,4H3/b26-13+. The molecule has 0 atom stereocenters. The molecule has 0 bridgehead atoms. The van der Waals surface area contributed by atoms with E-state index >= 15 is 0 Å². The Morgan fingerprint density at radius 2 is 0.983 bits per heavy atom. The number of carbonyl (C=O) groups is 4. The highest BCUT2D eigenvalue weighted by molar-refractivity contribution is 5.89. The Morgan fingerprint density at radius 1 is 0.508 bits per heavy atom. The van der Waals surface area contributed by atoms with Gasteiger partial charge in [0.1, 0.15) is 36.2 Å². The fourth-order valence-corrected chi connectivity index (χ4v) is 4.98. The van der Waals surface area contributed by atoms with E-state index in [2.05, 4.69) is 19.7 Å². The second kappa shape index (κ2) is 24.5. The quantitative estimate of drug-likeness (QED) is 0.0274. The smallest absolute Gasteiger partial charge is 0.338 e.